The largest absolute Gasteiger partial charge is 0.494 e. The molecular weight excluding hydrogens is 432 g/mol. The van der Waals surface area contributed by atoms with Crippen LogP contribution in [-0.4, -0.2) is 34.6 Å². The Morgan fingerprint density at radius 1 is 0.844 bits per heavy atom. The first-order valence-corrected chi connectivity index (χ1v) is 11.3. The van der Waals surface area contributed by atoms with Crippen molar-refractivity contribution in [3.05, 3.63) is 72.8 Å². The molecule has 0 radical (unpaired) electrons. The number of ether oxygens (including phenoxy) is 3. The van der Waals surface area contributed by atoms with E-state index in [-0.39, 0.29) is 17.4 Å². The number of sulfonamides is 1. The zero-order chi connectivity index (χ0) is 23.0. The summed E-state index contributed by atoms with van der Waals surface area (Å²) in [5, 5.41) is 2.66. The molecule has 0 aliphatic carbocycles. The number of nitrogens with one attached hydrogen (secondary N) is 2. The van der Waals surface area contributed by atoms with E-state index in [4.69, 9.17) is 14.2 Å². The summed E-state index contributed by atoms with van der Waals surface area (Å²) in [7, 11) is -2.26. The molecule has 0 aliphatic rings. The molecule has 168 valence electrons. The van der Waals surface area contributed by atoms with Crippen LogP contribution in [-0.2, 0) is 14.8 Å². The molecule has 0 aromatic heterocycles. The predicted molar refractivity (Wildman–Crippen MR) is 122 cm³/mol. The molecule has 3 aromatic rings. The second kappa shape index (κ2) is 10.5. The number of methoxy groups -OCH3 is 1. The number of benzene rings is 3. The van der Waals surface area contributed by atoms with Gasteiger partial charge in [-0.15, -0.1) is 0 Å². The van der Waals surface area contributed by atoms with Gasteiger partial charge in [0, 0.05) is 11.4 Å². The van der Waals surface area contributed by atoms with Crippen LogP contribution in [0.15, 0.2) is 77.7 Å². The van der Waals surface area contributed by atoms with Gasteiger partial charge in [-0.1, -0.05) is 12.1 Å². The molecule has 32 heavy (non-hydrogen) atoms. The molecule has 0 bridgehead atoms. The monoisotopic (exact) mass is 456 g/mol. The maximum absolute atomic E-state index is 12.6. The fourth-order valence-corrected chi connectivity index (χ4v) is 3.85. The number of anilines is 2. The summed E-state index contributed by atoms with van der Waals surface area (Å²) in [5.74, 6) is 1.24. The first-order valence-electron chi connectivity index (χ1n) is 9.82. The normalized spacial score (nSPS) is 10.8. The second-order valence-electron chi connectivity index (χ2n) is 6.57. The third kappa shape index (κ3) is 6.14. The minimum atomic E-state index is -3.78. The van der Waals surface area contributed by atoms with E-state index < -0.39 is 10.0 Å². The lowest BCUT2D eigenvalue weighted by molar-refractivity contribution is -0.118. The van der Waals surface area contributed by atoms with E-state index in [1.807, 2.05) is 6.92 Å². The van der Waals surface area contributed by atoms with Crippen LogP contribution >= 0.6 is 0 Å². The van der Waals surface area contributed by atoms with Crippen molar-refractivity contribution in [2.75, 3.05) is 30.4 Å². The van der Waals surface area contributed by atoms with E-state index in [1.165, 1.54) is 31.4 Å². The summed E-state index contributed by atoms with van der Waals surface area (Å²) in [6, 6.07) is 19.5. The van der Waals surface area contributed by atoms with Crippen molar-refractivity contribution in [3.63, 3.8) is 0 Å². The molecule has 0 saturated carbocycles. The third-order valence-electron chi connectivity index (χ3n) is 4.29. The van der Waals surface area contributed by atoms with Crippen LogP contribution in [0.1, 0.15) is 6.92 Å². The molecule has 0 atom stereocenters. The number of carbonyl (C=O) groups is 1. The van der Waals surface area contributed by atoms with Crippen molar-refractivity contribution in [1.82, 2.24) is 0 Å². The van der Waals surface area contributed by atoms with Crippen LogP contribution in [0, 0.1) is 0 Å². The topological polar surface area (TPSA) is 103 Å². The van der Waals surface area contributed by atoms with Gasteiger partial charge in [0.15, 0.2) is 18.1 Å². The summed E-state index contributed by atoms with van der Waals surface area (Å²) in [4.78, 5) is 12.2. The van der Waals surface area contributed by atoms with Crippen molar-refractivity contribution < 1.29 is 27.4 Å². The van der Waals surface area contributed by atoms with Gasteiger partial charge in [-0.25, -0.2) is 8.42 Å². The summed E-state index contributed by atoms with van der Waals surface area (Å²) < 4.78 is 43.7. The van der Waals surface area contributed by atoms with Crippen LogP contribution in [0.3, 0.4) is 0 Å². The van der Waals surface area contributed by atoms with Crippen molar-refractivity contribution in [1.29, 1.82) is 0 Å². The molecule has 1 amide bonds. The van der Waals surface area contributed by atoms with Crippen LogP contribution in [0.2, 0.25) is 0 Å². The molecule has 0 saturated heterocycles. The number of para-hydroxylation sites is 2. The van der Waals surface area contributed by atoms with Crippen molar-refractivity contribution >= 4 is 27.3 Å². The Bertz CT molecular complexity index is 1150. The smallest absolute Gasteiger partial charge is 0.262 e. The van der Waals surface area contributed by atoms with E-state index in [0.29, 0.717) is 35.2 Å². The first kappa shape index (κ1) is 23.0. The summed E-state index contributed by atoms with van der Waals surface area (Å²) in [5.41, 5.74) is 0.859. The number of amides is 1. The molecule has 0 spiro atoms. The molecule has 3 aromatic carbocycles. The SMILES string of the molecule is CCOc1ccc(NS(=O)(=O)c2ccc(NC(=O)COc3ccccc3OC)cc2)cc1. The van der Waals surface area contributed by atoms with E-state index in [9.17, 15) is 13.2 Å². The molecule has 3 rings (SSSR count). The van der Waals surface area contributed by atoms with Gasteiger partial charge in [-0.2, -0.15) is 0 Å². The average molecular weight is 457 g/mol. The van der Waals surface area contributed by atoms with Gasteiger partial charge in [0.1, 0.15) is 5.75 Å². The zero-order valence-electron chi connectivity index (χ0n) is 17.7. The van der Waals surface area contributed by atoms with Crippen LogP contribution < -0.4 is 24.2 Å². The summed E-state index contributed by atoms with van der Waals surface area (Å²) in [6.45, 7) is 2.18. The van der Waals surface area contributed by atoms with Crippen molar-refractivity contribution in [2.45, 2.75) is 11.8 Å². The standard InChI is InChI=1S/C23H24N2O6S/c1-3-30-19-12-8-18(9-13-19)25-32(27,28)20-14-10-17(11-15-20)24-23(26)16-31-22-7-5-4-6-21(22)29-2/h4-15,25H,3,16H2,1-2H3,(H,24,26). The maximum Gasteiger partial charge on any atom is 0.262 e. The molecule has 0 unspecified atom stereocenters. The van der Waals surface area contributed by atoms with Gasteiger partial charge in [-0.05, 0) is 67.6 Å². The lowest BCUT2D eigenvalue weighted by Crippen LogP contribution is -2.20. The Morgan fingerprint density at radius 3 is 2.09 bits per heavy atom. The Morgan fingerprint density at radius 2 is 1.47 bits per heavy atom. The molecule has 0 heterocycles. The highest BCUT2D eigenvalue weighted by atomic mass is 32.2. The van der Waals surface area contributed by atoms with Gasteiger partial charge >= 0.3 is 0 Å². The van der Waals surface area contributed by atoms with Crippen LogP contribution in [0.5, 0.6) is 17.2 Å². The van der Waals surface area contributed by atoms with Crippen molar-refractivity contribution in [2.24, 2.45) is 0 Å². The van der Waals surface area contributed by atoms with Gasteiger partial charge in [-0.3, -0.25) is 9.52 Å². The number of carbonyl (C=O) groups excluding carboxylic acids is 1. The highest BCUT2D eigenvalue weighted by Gasteiger charge is 2.15. The Labute approximate surface area is 187 Å². The lowest BCUT2D eigenvalue weighted by Gasteiger charge is -2.11. The van der Waals surface area contributed by atoms with Crippen molar-refractivity contribution in [3.8, 4) is 17.2 Å². The molecule has 0 aliphatic heterocycles. The molecule has 9 heteroatoms. The third-order valence-corrected chi connectivity index (χ3v) is 5.69. The van der Waals surface area contributed by atoms with Crippen LogP contribution in [0.4, 0.5) is 11.4 Å². The quantitative estimate of drug-likeness (QED) is 0.479. The zero-order valence-corrected chi connectivity index (χ0v) is 18.5. The van der Waals surface area contributed by atoms with E-state index >= 15 is 0 Å². The summed E-state index contributed by atoms with van der Waals surface area (Å²) in [6.07, 6.45) is 0. The first-order chi connectivity index (χ1) is 15.4. The Kier molecular flexibility index (Phi) is 7.56. The van der Waals surface area contributed by atoms with Gasteiger partial charge in [0.25, 0.3) is 15.9 Å². The van der Waals surface area contributed by atoms with E-state index in [2.05, 4.69) is 10.0 Å². The highest BCUT2D eigenvalue weighted by molar-refractivity contribution is 7.92. The fourth-order valence-electron chi connectivity index (χ4n) is 2.80. The molecular formula is C23H24N2O6S. The lowest BCUT2D eigenvalue weighted by atomic mass is 10.3. The molecule has 0 fully saturated rings. The Hall–Kier alpha value is -3.72. The number of hydrogen-bond donors (Lipinski definition) is 2. The van der Waals surface area contributed by atoms with E-state index in [0.717, 1.165) is 0 Å². The van der Waals surface area contributed by atoms with Gasteiger partial charge in [0.2, 0.25) is 0 Å². The molecule has 8 nitrogen and oxygen atoms in total. The fraction of sp³-hybridized carbons (Fsp3) is 0.174. The number of hydrogen-bond acceptors (Lipinski definition) is 6. The number of rotatable bonds is 10. The van der Waals surface area contributed by atoms with Crippen LogP contribution in [0.25, 0.3) is 0 Å². The highest BCUT2D eigenvalue weighted by Crippen LogP contribution is 2.26. The second-order valence-corrected chi connectivity index (χ2v) is 8.26. The molecule has 2 N–H and O–H groups in total. The minimum absolute atomic E-state index is 0.0645. The minimum Gasteiger partial charge on any atom is -0.494 e. The van der Waals surface area contributed by atoms with Gasteiger partial charge < -0.3 is 19.5 Å². The van der Waals surface area contributed by atoms with E-state index in [1.54, 1.807) is 48.5 Å². The average Bonchev–Trinajstić information content (AvgIpc) is 2.79. The maximum atomic E-state index is 12.6. The predicted octanol–water partition coefficient (Wildman–Crippen LogP) is 3.91. The summed E-state index contributed by atoms with van der Waals surface area (Å²) >= 11 is 0. The Balaban J connectivity index is 1.58. The van der Waals surface area contributed by atoms with Gasteiger partial charge in [0.05, 0.1) is 18.6 Å².